The third kappa shape index (κ3) is 2.82. The van der Waals surface area contributed by atoms with Gasteiger partial charge in [0.1, 0.15) is 5.54 Å². The van der Waals surface area contributed by atoms with Gasteiger partial charge in [-0.2, -0.15) is 13.2 Å². The fourth-order valence-electron chi connectivity index (χ4n) is 3.17. The summed E-state index contributed by atoms with van der Waals surface area (Å²) >= 11 is 0. The van der Waals surface area contributed by atoms with Crippen LogP contribution >= 0.6 is 0 Å². The zero-order valence-electron chi connectivity index (χ0n) is 13.2. The van der Waals surface area contributed by atoms with Gasteiger partial charge in [0.25, 0.3) is 0 Å². The van der Waals surface area contributed by atoms with E-state index in [-0.39, 0.29) is 18.8 Å². The highest BCUT2D eigenvalue weighted by atomic mass is 19.4. The molecular weight excluding hydrogens is 329 g/mol. The molecule has 0 amide bonds. The molecule has 0 spiro atoms. The van der Waals surface area contributed by atoms with Crippen LogP contribution in [-0.4, -0.2) is 18.2 Å². The van der Waals surface area contributed by atoms with E-state index < -0.39 is 17.3 Å². The van der Waals surface area contributed by atoms with Crippen molar-refractivity contribution in [1.29, 1.82) is 0 Å². The SMILES string of the molecule is FC(F)(F)c1ccccc1C1(Nc2ccc3cccnc3c2)COC1. The summed E-state index contributed by atoms with van der Waals surface area (Å²) in [4.78, 5) is 4.29. The summed E-state index contributed by atoms with van der Waals surface area (Å²) in [5.74, 6) is 0. The van der Waals surface area contributed by atoms with Gasteiger partial charge in [-0.25, -0.2) is 0 Å². The third-order valence-corrected chi connectivity index (χ3v) is 4.43. The zero-order chi connectivity index (χ0) is 17.5. The smallest absolute Gasteiger partial charge is 0.376 e. The Morgan fingerprint density at radius 2 is 1.80 bits per heavy atom. The fraction of sp³-hybridized carbons (Fsp3) is 0.211. The average Bonchev–Trinajstić information content (AvgIpc) is 2.57. The number of hydrogen-bond acceptors (Lipinski definition) is 3. The number of anilines is 1. The maximum atomic E-state index is 13.4. The number of halogens is 3. The topological polar surface area (TPSA) is 34.2 Å². The van der Waals surface area contributed by atoms with E-state index in [1.54, 1.807) is 12.3 Å². The molecule has 25 heavy (non-hydrogen) atoms. The Morgan fingerprint density at radius 1 is 1.00 bits per heavy atom. The first-order valence-electron chi connectivity index (χ1n) is 7.85. The summed E-state index contributed by atoms with van der Waals surface area (Å²) in [6.45, 7) is 0.362. The van der Waals surface area contributed by atoms with Gasteiger partial charge in [-0.15, -0.1) is 0 Å². The normalized spacial score (nSPS) is 16.4. The van der Waals surface area contributed by atoms with Crippen LogP contribution in [0.1, 0.15) is 11.1 Å². The van der Waals surface area contributed by atoms with Crippen molar-refractivity contribution >= 4 is 16.6 Å². The van der Waals surface area contributed by atoms with Crippen LogP contribution in [0, 0.1) is 0 Å². The number of pyridine rings is 1. The minimum Gasteiger partial charge on any atom is -0.376 e. The van der Waals surface area contributed by atoms with Crippen LogP contribution in [0.25, 0.3) is 10.9 Å². The first kappa shape index (κ1) is 15.9. The van der Waals surface area contributed by atoms with E-state index in [4.69, 9.17) is 4.74 Å². The second kappa shape index (κ2) is 5.74. The zero-order valence-corrected chi connectivity index (χ0v) is 13.2. The molecule has 0 aliphatic carbocycles. The molecule has 1 aromatic heterocycles. The van der Waals surface area contributed by atoms with Crippen molar-refractivity contribution in [1.82, 2.24) is 4.98 Å². The fourth-order valence-corrected chi connectivity index (χ4v) is 3.17. The van der Waals surface area contributed by atoms with E-state index in [1.165, 1.54) is 12.1 Å². The van der Waals surface area contributed by atoms with Crippen LogP contribution in [0.4, 0.5) is 18.9 Å². The lowest BCUT2D eigenvalue weighted by Crippen LogP contribution is -2.53. The summed E-state index contributed by atoms with van der Waals surface area (Å²) in [6.07, 6.45) is -2.72. The largest absolute Gasteiger partial charge is 0.416 e. The van der Waals surface area contributed by atoms with Crippen LogP contribution in [0.3, 0.4) is 0 Å². The van der Waals surface area contributed by atoms with E-state index in [1.807, 2.05) is 30.3 Å². The molecule has 1 saturated heterocycles. The first-order chi connectivity index (χ1) is 12.0. The average molecular weight is 344 g/mol. The molecule has 4 rings (SSSR count). The lowest BCUT2D eigenvalue weighted by atomic mass is 9.84. The standard InChI is InChI=1S/C19H15F3N2O/c20-19(21,22)16-6-2-1-5-15(16)18(11-25-12-18)24-14-8-7-13-4-3-9-23-17(13)10-14/h1-10,24H,11-12H2. The lowest BCUT2D eigenvalue weighted by Gasteiger charge is -2.44. The first-order valence-corrected chi connectivity index (χ1v) is 7.85. The third-order valence-electron chi connectivity index (χ3n) is 4.43. The Hall–Kier alpha value is -2.60. The summed E-state index contributed by atoms with van der Waals surface area (Å²) < 4.78 is 45.5. The molecule has 3 aromatic rings. The van der Waals surface area contributed by atoms with Gasteiger partial charge in [0.05, 0.1) is 24.3 Å². The van der Waals surface area contributed by atoms with E-state index in [0.717, 1.165) is 17.0 Å². The maximum absolute atomic E-state index is 13.4. The Morgan fingerprint density at radius 3 is 2.52 bits per heavy atom. The van der Waals surface area contributed by atoms with Crippen molar-refractivity contribution < 1.29 is 17.9 Å². The summed E-state index contributed by atoms with van der Waals surface area (Å²) in [6, 6.07) is 15.0. The molecule has 0 unspecified atom stereocenters. The Kier molecular flexibility index (Phi) is 3.65. The van der Waals surface area contributed by atoms with Gasteiger partial charge >= 0.3 is 6.18 Å². The van der Waals surface area contributed by atoms with Crippen molar-refractivity contribution in [2.45, 2.75) is 11.7 Å². The van der Waals surface area contributed by atoms with E-state index in [2.05, 4.69) is 10.3 Å². The highest BCUT2D eigenvalue weighted by Crippen LogP contribution is 2.41. The van der Waals surface area contributed by atoms with Gasteiger partial charge in [0, 0.05) is 17.3 Å². The van der Waals surface area contributed by atoms with Crippen molar-refractivity contribution in [2.75, 3.05) is 18.5 Å². The van der Waals surface area contributed by atoms with Crippen LogP contribution < -0.4 is 5.32 Å². The van der Waals surface area contributed by atoms with Gasteiger partial charge in [0.15, 0.2) is 0 Å². The van der Waals surface area contributed by atoms with Crippen LogP contribution in [-0.2, 0) is 16.5 Å². The predicted octanol–water partition coefficient (Wildman–Crippen LogP) is 4.59. The van der Waals surface area contributed by atoms with E-state index in [0.29, 0.717) is 5.69 Å². The molecule has 0 saturated carbocycles. The number of alkyl halides is 3. The van der Waals surface area contributed by atoms with Crippen LogP contribution in [0.15, 0.2) is 60.8 Å². The maximum Gasteiger partial charge on any atom is 0.416 e. The number of nitrogens with one attached hydrogen (secondary N) is 1. The van der Waals surface area contributed by atoms with Gasteiger partial charge in [-0.1, -0.05) is 30.3 Å². The van der Waals surface area contributed by atoms with Crippen molar-refractivity contribution in [2.24, 2.45) is 0 Å². The molecule has 2 heterocycles. The Labute approximate surface area is 142 Å². The molecule has 1 aliphatic rings. The van der Waals surface area contributed by atoms with Crippen molar-refractivity contribution in [3.63, 3.8) is 0 Å². The monoisotopic (exact) mass is 344 g/mol. The molecule has 0 bridgehead atoms. The molecule has 6 heteroatoms. The summed E-state index contributed by atoms with van der Waals surface area (Å²) in [5, 5.41) is 4.22. The van der Waals surface area contributed by atoms with Crippen LogP contribution in [0.2, 0.25) is 0 Å². The molecular formula is C19H15F3N2O. The van der Waals surface area contributed by atoms with E-state index >= 15 is 0 Å². The van der Waals surface area contributed by atoms with Gasteiger partial charge in [0.2, 0.25) is 0 Å². The number of benzene rings is 2. The van der Waals surface area contributed by atoms with Crippen molar-refractivity contribution in [3.8, 4) is 0 Å². The number of ether oxygens (including phenoxy) is 1. The highest BCUT2D eigenvalue weighted by molar-refractivity contribution is 5.82. The van der Waals surface area contributed by atoms with E-state index in [9.17, 15) is 13.2 Å². The number of nitrogens with zero attached hydrogens (tertiary/aromatic N) is 1. The summed E-state index contributed by atoms with van der Waals surface area (Å²) in [7, 11) is 0. The van der Waals surface area contributed by atoms with Gasteiger partial charge < -0.3 is 10.1 Å². The number of fused-ring (bicyclic) bond motifs is 1. The number of aromatic nitrogens is 1. The molecule has 1 aliphatic heterocycles. The quantitative estimate of drug-likeness (QED) is 0.754. The minimum absolute atomic E-state index is 0.181. The molecule has 2 aromatic carbocycles. The molecule has 0 atom stereocenters. The van der Waals surface area contributed by atoms with Crippen LogP contribution in [0.5, 0.6) is 0 Å². The summed E-state index contributed by atoms with van der Waals surface area (Å²) in [5.41, 5.74) is 0.173. The predicted molar refractivity (Wildman–Crippen MR) is 89.3 cm³/mol. The molecule has 0 radical (unpaired) electrons. The minimum atomic E-state index is -4.41. The number of rotatable bonds is 3. The molecule has 1 fully saturated rings. The van der Waals surface area contributed by atoms with Crippen molar-refractivity contribution in [3.05, 3.63) is 71.9 Å². The number of hydrogen-bond donors (Lipinski definition) is 1. The van der Waals surface area contributed by atoms with Gasteiger partial charge in [-0.05, 0) is 29.8 Å². The Balaban J connectivity index is 1.74. The van der Waals surface area contributed by atoms with Gasteiger partial charge in [-0.3, -0.25) is 4.98 Å². The molecule has 1 N–H and O–H groups in total. The highest BCUT2D eigenvalue weighted by Gasteiger charge is 2.46. The second-order valence-electron chi connectivity index (χ2n) is 6.15. The second-order valence-corrected chi connectivity index (χ2v) is 6.15. The Bertz CT molecular complexity index is 920. The molecule has 128 valence electrons. The molecule has 3 nitrogen and oxygen atoms in total. The lowest BCUT2D eigenvalue weighted by molar-refractivity contribution is -0.140.